The molecule has 0 amide bonds. The number of nitrogens with zero attached hydrogens (tertiary/aromatic N) is 2. The molecule has 0 aliphatic heterocycles. The number of hydrogen-bond acceptors (Lipinski definition) is 5. The molecule has 1 rings (SSSR count). The number of carbonyl (C=O) groups is 1. The molecule has 0 aliphatic rings. The molecule has 7 heteroatoms. The van der Waals surface area contributed by atoms with Gasteiger partial charge in [-0.05, 0) is 4.90 Å². The van der Waals surface area contributed by atoms with Gasteiger partial charge in [-0.3, -0.25) is 4.63 Å². The Bertz CT molecular complexity index is 271. The summed E-state index contributed by atoms with van der Waals surface area (Å²) in [7, 11) is 0. The Morgan fingerprint density at radius 3 is 2.45 bits per heavy atom. The van der Waals surface area contributed by atoms with Crippen molar-refractivity contribution in [1.82, 2.24) is 5.16 Å². The Morgan fingerprint density at radius 2 is 2.27 bits per heavy atom. The fourth-order valence-corrected chi connectivity index (χ4v) is 0.477. The quantitative estimate of drug-likeness (QED) is 0.320. The van der Waals surface area contributed by atoms with E-state index in [-0.39, 0.29) is 62.0 Å². The maximum atomic E-state index is 10.3. The summed E-state index contributed by atoms with van der Waals surface area (Å²) in [5, 5.41) is 23.3. The van der Waals surface area contributed by atoms with Gasteiger partial charge in [0, 0.05) is 12.1 Å². The van der Waals surface area contributed by atoms with Gasteiger partial charge in [-0.2, -0.15) is 0 Å². The van der Waals surface area contributed by atoms with Crippen molar-refractivity contribution in [3.05, 3.63) is 16.6 Å². The number of carboxylic acids is 1. The van der Waals surface area contributed by atoms with E-state index in [4.69, 9.17) is 0 Å². The summed E-state index contributed by atoms with van der Waals surface area (Å²) in [4.78, 5) is 10.1. The molecule has 0 fully saturated rings. The summed E-state index contributed by atoms with van der Waals surface area (Å²) in [6, 6.07) is 0. The van der Waals surface area contributed by atoms with Gasteiger partial charge in [-0.15, -0.1) is 0 Å². The molecule has 1 heterocycles. The van der Waals surface area contributed by atoms with Gasteiger partial charge in [0.1, 0.15) is 5.97 Å². The van der Waals surface area contributed by atoms with Gasteiger partial charge in [0.05, 0.1) is 0 Å². The van der Waals surface area contributed by atoms with Crippen LogP contribution in [-0.2, 0) is 0 Å². The van der Waals surface area contributed by atoms with Gasteiger partial charge in [0.15, 0.2) is 0 Å². The Labute approximate surface area is 104 Å². The van der Waals surface area contributed by atoms with Crippen LogP contribution in [0.1, 0.15) is 16.2 Å². The predicted octanol–water partition coefficient (Wildman–Crippen LogP) is -5.02. The van der Waals surface area contributed by atoms with Crippen LogP contribution in [0, 0.1) is 12.1 Å². The number of aromatic carboxylic acids is 1. The first kappa shape index (κ1) is 11.0. The van der Waals surface area contributed by atoms with Gasteiger partial charge < -0.3 is 15.1 Å². The Balaban J connectivity index is 0.000001000. The van der Waals surface area contributed by atoms with Gasteiger partial charge in [0.2, 0.25) is 5.69 Å². The Hall–Kier alpha value is 0.0464. The first-order chi connectivity index (χ1) is 4.63. The minimum absolute atomic E-state index is 0. The minimum Gasteiger partial charge on any atom is -0.541 e. The molecule has 54 valence electrons. The van der Waals surface area contributed by atoms with E-state index >= 15 is 0 Å². The average molecular weight is 182 g/mol. The SMILES string of the molecule is Cc1c(C(=O)[O-])no[n+]1[O-].[K+]. The maximum absolute atomic E-state index is 10.3. The van der Waals surface area contributed by atoms with E-state index in [9.17, 15) is 15.1 Å². The second-order valence-electron chi connectivity index (χ2n) is 1.65. The largest absolute Gasteiger partial charge is 1.00 e. The second-order valence-corrected chi connectivity index (χ2v) is 1.65. The van der Waals surface area contributed by atoms with E-state index in [0.717, 1.165) is 0 Å². The van der Waals surface area contributed by atoms with Crippen molar-refractivity contribution in [3.63, 3.8) is 0 Å². The van der Waals surface area contributed by atoms with Crippen LogP contribution >= 0.6 is 0 Å². The second kappa shape index (κ2) is 4.17. The summed E-state index contributed by atoms with van der Waals surface area (Å²) < 4.78 is 3.95. The van der Waals surface area contributed by atoms with Gasteiger partial charge in [0.25, 0.3) is 5.69 Å². The van der Waals surface area contributed by atoms with Crippen molar-refractivity contribution >= 4 is 5.97 Å². The standard InChI is InChI=1S/C4H4N2O4.K/c1-2-3(4(7)8)5-10-6(2)9;/h1H3,(H,7,8);/q;+1/p-1. The number of aromatic nitrogens is 2. The first-order valence-electron chi connectivity index (χ1n) is 2.40. The molecule has 0 aliphatic carbocycles. The Kier molecular flexibility index (Phi) is 4.18. The summed E-state index contributed by atoms with van der Waals surface area (Å²) in [5.41, 5.74) is -0.574. The zero-order valence-corrected chi connectivity index (χ0v) is 9.15. The van der Waals surface area contributed by atoms with Gasteiger partial charge >= 0.3 is 51.4 Å². The zero-order valence-electron chi connectivity index (χ0n) is 6.03. The molecule has 0 bridgehead atoms. The van der Waals surface area contributed by atoms with E-state index in [2.05, 4.69) is 9.79 Å². The van der Waals surface area contributed by atoms with E-state index in [1.807, 2.05) is 0 Å². The number of carboxylic acid groups (broad SMARTS) is 1. The molecule has 0 N–H and O–H groups in total. The van der Waals surface area contributed by atoms with Crippen LogP contribution in [0.5, 0.6) is 0 Å². The zero-order chi connectivity index (χ0) is 7.72. The normalized spacial score (nSPS) is 8.82. The van der Waals surface area contributed by atoms with Crippen LogP contribution in [0.4, 0.5) is 0 Å². The molecule has 1 aromatic heterocycles. The minimum atomic E-state index is -1.52. The van der Waals surface area contributed by atoms with Crippen LogP contribution in [0.3, 0.4) is 0 Å². The molecule has 0 spiro atoms. The van der Waals surface area contributed by atoms with Crippen molar-refractivity contribution in [2.24, 2.45) is 0 Å². The maximum Gasteiger partial charge on any atom is 1.00 e. The summed E-state index contributed by atoms with van der Waals surface area (Å²) in [5.74, 6) is -1.52. The van der Waals surface area contributed by atoms with Crippen molar-refractivity contribution in [2.45, 2.75) is 6.92 Å². The monoisotopic (exact) mass is 182 g/mol. The Morgan fingerprint density at radius 1 is 1.73 bits per heavy atom. The van der Waals surface area contributed by atoms with Gasteiger partial charge in [-0.1, -0.05) is 0 Å². The molecule has 11 heavy (non-hydrogen) atoms. The molecule has 0 unspecified atom stereocenters. The van der Waals surface area contributed by atoms with Crippen LogP contribution in [-0.4, -0.2) is 11.1 Å². The van der Waals surface area contributed by atoms with Crippen molar-refractivity contribution in [2.75, 3.05) is 0 Å². The molecule has 1 aromatic rings. The molecule has 6 nitrogen and oxygen atoms in total. The van der Waals surface area contributed by atoms with Crippen LogP contribution in [0.15, 0.2) is 4.63 Å². The third-order valence-corrected chi connectivity index (χ3v) is 1.02. The average Bonchev–Trinajstić information content (AvgIpc) is 2.14. The smallest absolute Gasteiger partial charge is 0.541 e. The predicted molar refractivity (Wildman–Crippen MR) is 24.5 cm³/mol. The number of carbonyl (C=O) groups excluding carboxylic acids is 1. The van der Waals surface area contributed by atoms with E-state index in [1.54, 1.807) is 0 Å². The van der Waals surface area contributed by atoms with Crippen LogP contribution in [0.25, 0.3) is 0 Å². The van der Waals surface area contributed by atoms with Crippen molar-refractivity contribution in [3.8, 4) is 0 Å². The number of rotatable bonds is 1. The summed E-state index contributed by atoms with van der Waals surface area (Å²) >= 11 is 0. The molecule has 0 radical (unpaired) electrons. The van der Waals surface area contributed by atoms with E-state index in [0.29, 0.717) is 0 Å². The fraction of sp³-hybridized carbons (Fsp3) is 0.250. The van der Waals surface area contributed by atoms with E-state index < -0.39 is 11.7 Å². The fourth-order valence-electron chi connectivity index (χ4n) is 0.477. The molecule has 0 atom stereocenters. The third kappa shape index (κ3) is 2.24. The summed E-state index contributed by atoms with van der Waals surface area (Å²) in [6.07, 6.45) is 0. The van der Waals surface area contributed by atoms with E-state index in [1.165, 1.54) is 6.92 Å². The van der Waals surface area contributed by atoms with Crippen molar-refractivity contribution in [1.29, 1.82) is 0 Å². The summed E-state index contributed by atoms with van der Waals surface area (Å²) in [6.45, 7) is 1.27. The third-order valence-electron chi connectivity index (χ3n) is 1.02. The number of hydrogen-bond donors (Lipinski definition) is 0. The molecule has 0 aromatic carbocycles. The molecule has 0 saturated carbocycles. The van der Waals surface area contributed by atoms with Gasteiger partial charge in [-0.25, -0.2) is 0 Å². The topological polar surface area (TPSA) is 93.1 Å². The van der Waals surface area contributed by atoms with Crippen LogP contribution < -0.4 is 61.4 Å². The van der Waals surface area contributed by atoms with Crippen molar-refractivity contribution < 1.29 is 70.8 Å². The van der Waals surface area contributed by atoms with Crippen LogP contribution in [0.2, 0.25) is 0 Å². The molecular weight excluding hydrogens is 179 g/mol. The molecule has 0 saturated heterocycles. The first-order valence-corrected chi connectivity index (χ1v) is 2.40. The molecular formula is C4H3KN2O4.